The first-order valence-corrected chi connectivity index (χ1v) is 9.60. The van der Waals surface area contributed by atoms with Crippen LogP contribution in [0.15, 0.2) is 11.4 Å². The maximum Gasteiger partial charge on any atom is 0.223 e. The number of amides is 2. The number of thiophene rings is 1. The largest absolute Gasteiger partial charge is 0.379 e. The first-order chi connectivity index (χ1) is 11.6. The topological polar surface area (TPSA) is 49.9 Å². The van der Waals surface area contributed by atoms with E-state index in [-0.39, 0.29) is 17.9 Å². The van der Waals surface area contributed by atoms with Crippen molar-refractivity contribution in [3.05, 3.63) is 21.9 Å². The second kappa shape index (κ2) is 7.66. The average molecular weight is 350 g/mol. The van der Waals surface area contributed by atoms with E-state index in [9.17, 15) is 9.59 Å². The van der Waals surface area contributed by atoms with Gasteiger partial charge in [0.05, 0.1) is 6.10 Å². The predicted octanol–water partition coefficient (Wildman–Crippen LogP) is 2.30. The molecule has 0 saturated carbocycles. The molecule has 0 aliphatic carbocycles. The molecule has 3 rings (SSSR count). The van der Waals surface area contributed by atoms with E-state index in [1.165, 1.54) is 10.4 Å². The lowest BCUT2D eigenvalue weighted by Crippen LogP contribution is -2.46. The molecule has 1 saturated heterocycles. The summed E-state index contributed by atoms with van der Waals surface area (Å²) in [5.74, 6) is 0.647. The van der Waals surface area contributed by atoms with Crippen molar-refractivity contribution in [2.75, 3.05) is 26.7 Å². The number of rotatable bonds is 4. The lowest BCUT2D eigenvalue weighted by Gasteiger charge is -2.36. The van der Waals surface area contributed by atoms with E-state index in [0.29, 0.717) is 31.8 Å². The van der Waals surface area contributed by atoms with Crippen molar-refractivity contribution < 1.29 is 14.3 Å². The molecule has 2 aliphatic heterocycles. The van der Waals surface area contributed by atoms with Crippen molar-refractivity contribution in [2.45, 2.75) is 45.3 Å². The van der Waals surface area contributed by atoms with Gasteiger partial charge in [0.2, 0.25) is 11.8 Å². The number of carbonyl (C=O) groups excluding carboxylic acids is 2. The standard InChI is InChI=1S/C18H26N2O3S/c1-13-5-8-20(12-15(13)23-2)18(22)4-3-17(21)19-9-6-16-14(11-19)7-10-24-16/h7,10,13,15H,3-6,8-9,11-12H2,1-2H3. The zero-order valence-electron chi connectivity index (χ0n) is 14.5. The van der Waals surface area contributed by atoms with Crippen LogP contribution in [0.1, 0.15) is 36.6 Å². The lowest BCUT2D eigenvalue weighted by molar-refractivity contribution is -0.140. The third kappa shape index (κ3) is 3.81. The summed E-state index contributed by atoms with van der Waals surface area (Å²) in [7, 11) is 1.70. The molecule has 2 amide bonds. The monoisotopic (exact) mass is 350 g/mol. The quantitative estimate of drug-likeness (QED) is 0.837. The van der Waals surface area contributed by atoms with Gasteiger partial charge in [-0.1, -0.05) is 6.92 Å². The summed E-state index contributed by atoms with van der Waals surface area (Å²) in [5.41, 5.74) is 1.26. The maximum absolute atomic E-state index is 12.4. The Hall–Kier alpha value is -1.40. The second-order valence-corrected chi connectivity index (χ2v) is 7.81. The van der Waals surface area contributed by atoms with Gasteiger partial charge < -0.3 is 14.5 Å². The average Bonchev–Trinajstić information content (AvgIpc) is 3.07. The van der Waals surface area contributed by atoms with Gasteiger partial charge in [0, 0.05) is 51.0 Å². The number of nitrogens with zero attached hydrogens (tertiary/aromatic N) is 2. The van der Waals surface area contributed by atoms with Crippen LogP contribution in [0.2, 0.25) is 0 Å². The maximum atomic E-state index is 12.4. The Morgan fingerprint density at radius 2 is 2.00 bits per heavy atom. The van der Waals surface area contributed by atoms with Crippen LogP contribution in [-0.4, -0.2) is 54.5 Å². The SMILES string of the molecule is COC1CN(C(=O)CCC(=O)N2CCc3sccc3C2)CCC1C. The first kappa shape index (κ1) is 17.4. The molecule has 0 spiro atoms. The highest BCUT2D eigenvalue weighted by Crippen LogP contribution is 2.25. The Labute approximate surface area is 147 Å². The van der Waals surface area contributed by atoms with Gasteiger partial charge in [0.25, 0.3) is 0 Å². The van der Waals surface area contributed by atoms with Gasteiger partial charge in [-0.2, -0.15) is 0 Å². The van der Waals surface area contributed by atoms with Crippen molar-refractivity contribution in [1.29, 1.82) is 0 Å². The van der Waals surface area contributed by atoms with Gasteiger partial charge in [-0.15, -0.1) is 11.3 Å². The van der Waals surface area contributed by atoms with Crippen LogP contribution in [0, 0.1) is 5.92 Å². The highest BCUT2D eigenvalue weighted by atomic mass is 32.1. The summed E-state index contributed by atoms with van der Waals surface area (Å²) in [6.07, 6.45) is 2.62. The molecule has 2 aliphatic rings. The minimum atomic E-state index is 0.0746. The number of piperidine rings is 1. The van der Waals surface area contributed by atoms with Gasteiger partial charge in [0.15, 0.2) is 0 Å². The number of fused-ring (bicyclic) bond motifs is 1. The van der Waals surface area contributed by atoms with E-state index in [1.54, 1.807) is 18.4 Å². The van der Waals surface area contributed by atoms with Crippen LogP contribution < -0.4 is 0 Å². The molecular formula is C18H26N2O3S. The molecule has 1 aromatic rings. The number of methoxy groups -OCH3 is 1. The van der Waals surface area contributed by atoms with Crippen LogP contribution in [0.5, 0.6) is 0 Å². The van der Waals surface area contributed by atoms with Crippen LogP contribution >= 0.6 is 11.3 Å². The number of hydrogen-bond donors (Lipinski definition) is 0. The Bertz CT molecular complexity index is 601. The molecule has 1 fully saturated rings. The first-order valence-electron chi connectivity index (χ1n) is 8.72. The molecule has 0 bridgehead atoms. The molecule has 24 heavy (non-hydrogen) atoms. The highest BCUT2D eigenvalue weighted by molar-refractivity contribution is 7.10. The summed E-state index contributed by atoms with van der Waals surface area (Å²) in [6, 6.07) is 2.10. The molecule has 2 atom stereocenters. The number of carbonyl (C=O) groups is 2. The smallest absolute Gasteiger partial charge is 0.223 e. The molecule has 6 heteroatoms. The van der Waals surface area contributed by atoms with E-state index in [0.717, 1.165) is 25.9 Å². The summed E-state index contributed by atoms with van der Waals surface area (Å²) in [4.78, 5) is 30.0. The van der Waals surface area contributed by atoms with Gasteiger partial charge >= 0.3 is 0 Å². The third-order valence-electron chi connectivity index (χ3n) is 5.26. The Balaban J connectivity index is 1.47. The Morgan fingerprint density at radius 3 is 2.75 bits per heavy atom. The van der Waals surface area contributed by atoms with Crippen LogP contribution in [0.4, 0.5) is 0 Å². The van der Waals surface area contributed by atoms with E-state index >= 15 is 0 Å². The van der Waals surface area contributed by atoms with E-state index in [1.807, 2.05) is 9.80 Å². The fourth-order valence-electron chi connectivity index (χ4n) is 3.56. The van der Waals surface area contributed by atoms with Gasteiger partial charge in [-0.05, 0) is 35.8 Å². The molecule has 3 heterocycles. The van der Waals surface area contributed by atoms with Crippen molar-refractivity contribution in [1.82, 2.24) is 9.80 Å². The van der Waals surface area contributed by atoms with Crippen molar-refractivity contribution in [3.8, 4) is 0 Å². The van der Waals surface area contributed by atoms with E-state index in [2.05, 4.69) is 18.4 Å². The molecule has 0 aromatic carbocycles. The zero-order valence-corrected chi connectivity index (χ0v) is 15.3. The minimum Gasteiger partial charge on any atom is -0.379 e. The van der Waals surface area contributed by atoms with Crippen LogP contribution in [0.3, 0.4) is 0 Å². The Morgan fingerprint density at radius 1 is 1.25 bits per heavy atom. The number of ether oxygens (including phenoxy) is 1. The highest BCUT2D eigenvalue weighted by Gasteiger charge is 2.29. The predicted molar refractivity (Wildman–Crippen MR) is 93.8 cm³/mol. The lowest BCUT2D eigenvalue weighted by atomic mass is 9.95. The fraction of sp³-hybridized carbons (Fsp3) is 0.667. The van der Waals surface area contributed by atoms with Gasteiger partial charge in [-0.3, -0.25) is 9.59 Å². The van der Waals surface area contributed by atoms with Gasteiger partial charge in [-0.25, -0.2) is 0 Å². The zero-order chi connectivity index (χ0) is 17.1. The minimum absolute atomic E-state index is 0.0746. The summed E-state index contributed by atoms with van der Waals surface area (Å²) in [5, 5.41) is 2.09. The van der Waals surface area contributed by atoms with Crippen molar-refractivity contribution >= 4 is 23.2 Å². The summed E-state index contributed by atoms with van der Waals surface area (Å²) in [6.45, 7) is 5.05. The summed E-state index contributed by atoms with van der Waals surface area (Å²) < 4.78 is 5.46. The molecule has 2 unspecified atom stereocenters. The normalized spacial score (nSPS) is 23.9. The van der Waals surface area contributed by atoms with Crippen molar-refractivity contribution in [3.63, 3.8) is 0 Å². The number of likely N-dealkylation sites (tertiary alicyclic amines) is 1. The van der Waals surface area contributed by atoms with E-state index in [4.69, 9.17) is 4.74 Å². The number of hydrogen-bond acceptors (Lipinski definition) is 4. The molecular weight excluding hydrogens is 324 g/mol. The van der Waals surface area contributed by atoms with Gasteiger partial charge in [0.1, 0.15) is 0 Å². The molecule has 5 nitrogen and oxygen atoms in total. The molecule has 0 radical (unpaired) electrons. The van der Waals surface area contributed by atoms with Crippen molar-refractivity contribution in [2.24, 2.45) is 5.92 Å². The summed E-state index contributed by atoms with van der Waals surface area (Å²) >= 11 is 1.77. The molecule has 0 N–H and O–H groups in total. The second-order valence-electron chi connectivity index (χ2n) is 6.81. The molecule has 1 aromatic heterocycles. The van der Waals surface area contributed by atoms with E-state index < -0.39 is 0 Å². The Kier molecular flexibility index (Phi) is 5.56. The van der Waals surface area contributed by atoms with Crippen LogP contribution in [0.25, 0.3) is 0 Å². The fourth-order valence-corrected chi connectivity index (χ4v) is 4.45. The third-order valence-corrected chi connectivity index (χ3v) is 6.28. The molecule has 132 valence electrons. The van der Waals surface area contributed by atoms with Crippen LogP contribution in [-0.2, 0) is 27.3 Å².